The summed E-state index contributed by atoms with van der Waals surface area (Å²) >= 11 is 3.23. The monoisotopic (exact) mass is 423 g/mol. The molecule has 1 unspecified atom stereocenters. The minimum atomic E-state index is -0.796. The van der Waals surface area contributed by atoms with Gasteiger partial charge in [0.05, 0.1) is 30.7 Å². The summed E-state index contributed by atoms with van der Waals surface area (Å²) in [7, 11) is 1.19. The molecule has 1 aromatic rings. The van der Waals surface area contributed by atoms with Crippen LogP contribution >= 0.6 is 15.9 Å². The second-order valence-electron chi connectivity index (χ2n) is 5.85. The van der Waals surface area contributed by atoms with Crippen molar-refractivity contribution >= 4 is 45.5 Å². The molecule has 3 rings (SSSR count). The van der Waals surface area contributed by atoms with Crippen molar-refractivity contribution < 1.29 is 28.7 Å². The van der Waals surface area contributed by atoms with Crippen LogP contribution in [0.25, 0.3) is 0 Å². The lowest BCUT2D eigenvalue weighted by Crippen LogP contribution is -2.57. The lowest BCUT2D eigenvalue weighted by molar-refractivity contribution is -0.156. The van der Waals surface area contributed by atoms with Gasteiger partial charge >= 0.3 is 5.97 Å². The van der Waals surface area contributed by atoms with Crippen LogP contribution in [0, 0.1) is 5.92 Å². The van der Waals surface area contributed by atoms with Crippen molar-refractivity contribution in [3.63, 3.8) is 0 Å². The van der Waals surface area contributed by atoms with E-state index in [-0.39, 0.29) is 24.1 Å². The minimum absolute atomic E-state index is 0.0913. The molecule has 1 aromatic carbocycles. The standard InChI is InChI=1S/C16H14BrN3O6/c1-26-16(25)8-4-12(21)18-20(6-8)13(22)7-19-14(23)10-3-2-9(17)5-11(10)15(19)24/h2-3,5,8H,4,6-7H2,1H3,(H,18,21). The number of hydrazine groups is 1. The Balaban J connectivity index is 1.74. The van der Waals surface area contributed by atoms with Crippen molar-refractivity contribution in [2.75, 3.05) is 20.2 Å². The highest BCUT2D eigenvalue weighted by atomic mass is 79.9. The highest BCUT2D eigenvalue weighted by Crippen LogP contribution is 2.26. The number of nitrogens with one attached hydrogen (secondary N) is 1. The van der Waals surface area contributed by atoms with Crippen LogP contribution in [-0.2, 0) is 19.1 Å². The van der Waals surface area contributed by atoms with E-state index in [4.69, 9.17) is 0 Å². The van der Waals surface area contributed by atoms with E-state index in [2.05, 4.69) is 26.1 Å². The van der Waals surface area contributed by atoms with E-state index in [0.717, 1.165) is 9.91 Å². The van der Waals surface area contributed by atoms with Crippen molar-refractivity contribution in [1.82, 2.24) is 15.3 Å². The van der Waals surface area contributed by atoms with Crippen LogP contribution in [0.3, 0.4) is 0 Å². The summed E-state index contributed by atoms with van der Waals surface area (Å²) in [5, 5.41) is 0.937. The molecular formula is C16H14BrN3O6. The molecule has 0 radical (unpaired) electrons. The number of nitrogens with zero attached hydrogens (tertiary/aromatic N) is 2. The molecule has 2 heterocycles. The molecule has 0 aromatic heterocycles. The Morgan fingerprint density at radius 1 is 1.23 bits per heavy atom. The molecule has 0 aliphatic carbocycles. The third-order valence-electron chi connectivity index (χ3n) is 4.16. The van der Waals surface area contributed by atoms with Crippen LogP contribution in [0.2, 0.25) is 0 Å². The molecule has 4 amide bonds. The van der Waals surface area contributed by atoms with E-state index < -0.39 is 42.1 Å². The first-order valence-electron chi connectivity index (χ1n) is 7.65. The molecule has 2 aliphatic rings. The number of hydrogen-bond acceptors (Lipinski definition) is 6. The van der Waals surface area contributed by atoms with Gasteiger partial charge in [-0.05, 0) is 18.2 Å². The van der Waals surface area contributed by atoms with Gasteiger partial charge in [0.15, 0.2) is 0 Å². The van der Waals surface area contributed by atoms with E-state index in [9.17, 15) is 24.0 Å². The zero-order chi connectivity index (χ0) is 19.0. The quantitative estimate of drug-likeness (QED) is 0.544. The van der Waals surface area contributed by atoms with Gasteiger partial charge in [-0.15, -0.1) is 0 Å². The highest BCUT2D eigenvalue weighted by Gasteiger charge is 2.39. The van der Waals surface area contributed by atoms with Gasteiger partial charge in [-0.1, -0.05) is 15.9 Å². The molecule has 0 saturated carbocycles. The molecule has 0 bridgehead atoms. The van der Waals surface area contributed by atoms with Crippen molar-refractivity contribution in [1.29, 1.82) is 0 Å². The molecule has 0 spiro atoms. The SMILES string of the molecule is COC(=O)C1CC(=O)NN(C(=O)CN2C(=O)c3ccc(Br)cc3C2=O)C1. The summed E-state index contributed by atoms with van der Waals surface area (Å²) in [5.41, 5.74) is 2.75. The first kappa shape index (κ1) is 18.1. The van der Waals surface area contributed by atoms with Gasteiger partial charge in [0.25, 0.3) is 17.7 Å². The number of imide groups is 1. The van der Waals surface area contributed by atoms with E-state index in [1.54, 1.807) is 6.07 Å². The van der Waals surface area contributed by atoms with Gasteiger partial charge in [0, 0.05) is 10.9 Å². The van der Waals surface area contributed by atoms with Gasteiger partial charge in [-0.3, -0.25) is 39.3 Å². The van der Waals surface area contributed by atoms with Crippen molar-refractivity contribution in [3.05, 3.63) is 33.8 Å². The predicted molar refractivity (Wildman–Crippen MR) is 89.5 cm³/mol. The molecule has 136 valence electrons. The number of benzene rings is 1. The molecule has 26 heavy (non-hydrogen) atoms. The van der Waals surface area contributed by atoms with Gasteiger partial charge in [0.1, 0.15) is 6.54 Å². The van der Waals surface area contributed by atoms with E-state index >= 15 is 0 Å². The number of ether oxygens (including phenoxy) is 1. The third kappa shape index (κ3) is 3.19. The van der Waals surface area contributed by atoms with Gasteiger partial charge in [-0.25, -0.2) is 0 Å². The Bertz CT molecular complexity index is 839. The maximum atomic E-state index is 12.5. The van der Waals surface area contributed by atoms with Crippen LogP contribution in [0.15, 0.2) is 22.7 Å². The number of fused-ring (bicyclic) bond motifs is 1. The van der Waals surface area contributed by atoms with Gasteiger partial charge < -0.3 is 4.74 Å². The highest BCUT2D eigenvalue weighted by molar-refractivity contribution is 9.10. The van der Waals surface area contributed by atoms with E-state index in [1.807, 2.05) is 0 Å². The summed E-state index contributed by atoms with van der Waals surface area (Å²) in [4.78, 5) is 61.4. The molecule has 10 heteroatoms. The van der Waals surface area contributed by atoms with Crippen LogP contribution < -0.4 is 5.43 Å². The smallest absolute Gasteiger partial charge is 0.311 e. The topological polar surface area (TPSA) is 113 Å². The van der Waals surface area contributed by atoms with Gasteiger partial charge in [-0.2, -0.15) is 0 Å². The number of hydrogen-bond donors (Lipinski definition) is 1. The second-order valence-corrected chi connectivity index (χ2v) is 6.77. The third-order valence-corrected chi connectivity index (χ3v) is 4.65. The fourth-order valence-corrected chi connectivity index (χ4v) is 3.23. The number of methoxy groups -OCH3 is 1. The van der Waals surface area contributed by atoms with Crippen LogP contribution in [0.1, 0.15) is 27.1 Å². The number of halogens is 1. The Kier molecular flexibility index (Phi) is 4.77. The fraction of sp³-hybridized carbons (Fsp3) is 0.312. The Hall–Kier alpha value is -2.75. The zero-order valence-corrected chi connectivity index (χ0v) is 15.2. The summed E-state index contributed by atoms with van der Waals surface area (Å²) in [6.07, 6.45) is -0.0997. The number of amides is 4. The predicted octanol–water partition coefficient (Wildman–Crippen LogP) is 0.0978. The molecule has 1 atom stereocenters. The first-order chi connectivity index (χ1) is 12.3. The van der Waals surface area contributed by atoms with Crippen molar-refractivity contribution in [3.8, 4) is 0 Å². The van der Waals surface area contributed by atoms with E-state index in [0.29, 0.717) is 4.47 Å². The Morgan fingerprint density at radius 2 is 1.92 bits per heavy atom. The maximum Gasteiger partial charge on any atom is 0.311 e. The molecule has 2 aliphatic heterocycles. The van der Waals surface area contributed by atoms with Crippen molar-refractivity contribution in [2.24, 2.45) is 5.92 Å². The minimum Gasteiger partial charge on any atom is -0.469 e. The lowest BCUT2D eigenvalue weighted by Gasteiger charge is -2.32. The van der Waals surface area contributed by atoms with E-state index in [1.165, 1.54) is 19.2 Å². The summed E-state index contributed by atoms with van der Waals surface area (Å²) in [6.45, 7) is -0.635. The lowest BCUT2D eigenvalue weighted by atomic mass is 10.0. The normalized spacial score (nSPS) is 19.3. The summed E-state index contributed by atoms with van der Waals surface area (Å²) in [6, 6.07) is 4.64. The molecule has 1 N–H and O–H groups in total. The molecule has 1 saturated heterocycles. The number of rotatable bonds is 3. The zero-order valence-electron chi connectivity index (χ0n) is 13.7. The molecule has 1 fully saturated rings. The van der Waals surface area contributed by atoms with Crippen LogP contribution in [0.5, 0.6) is 0 Å². The average Bonchev–Trinajstić information content (AvgIpc) is 2.84. The fourth-order valence-electron chi connectivity index (χ4n) is 2.87. The largest absolute Gasteiger partial charge is 0.469 e. The number of carbonyl (C=O) groups is 5. The van der Waals surface area contributed by atoms with Crippen molar-refractivity contribution in [2.45, 2.75) is 6.42 Å². The van der Waals surface area contributed by atoms with Gasteiger partial charge in [0.2, 0.25) is 5.91 Å². The molecule has 9 nitrogen and oxygen atoms in total. The Morgan fingerprint density at radius 3 is 2.62 bits per heavy atom. The summed E-state index contributed by atoms with van der Waals surface area (Å²) < 4.78 is 5.24. The summed E-state index contributed by atoms with van der Waals surface area (Å²) in [5.74, 6) is -3.78. The van der Waals surface area contributed by atoms with Crippen LogP contribution in [-0.4, -0.2) is 59.7 Å². The first-order valence-corrected chi connectivity index (χ1v) is 8.44. The maximum absolute atomic E-state index is 12.5. The Labute approximate surface area is 156 Å². The molecular weight excluding hydrogens is 410 g/mol. The van der Waals surface area contributed by atoms with Crippen LogP contribution in [0.4, 0.5) is 0 Å². The number of esters is 1. The number of carbonyl (C=O) groups excluding carboxylic acids is 5. The average molecular weight is 424 g/mol. The second kappa shape index (κ2) is 6.87.